The van der Waals surface area contributed by atoms with Crippen LogP contribution < -0.4 is 10.5 Å². The van der Waals surface area contributed by atoms with E-state index in [2.05, 4.69) is 0 Å². The second-order valence-electron chi connectivity index (χ2n) is 7.96. The Kier molecular flexibility index (Phi) is 7.29. The minimum Gasteiger partial charge on any atom is -0.465 e. The van der Waals surface area contributed by atoms with Gasteiger partial charge >= 0.3 is 6.09 Å². The highest BCUT2D eigenvalue weighted by Crippen LogP contribution is 2.34. The summed E-state index contributed by atoms with van der Waals surface area (Å²) in [7, 11) is 0. The van der Waals surface area contributed by atoms with Crippen LogP contribution >= 0.6 is 0 Å². The Morgan fingerprint density at radius 3 is 2.80 bits per heavy atom. The summed E-state index contributed by atoms with van der Waals surface area (Å²) < 4.78 is 20.3. The van der Waals surface area contributed by atoms with Gasteiger partial charge in [-0.1, -0.05) is 24.3 Å². The number of carbonyl (C=O) groups is 1. The number of piperidine rings is 1. The largest absolute Gasteiger partial charge is 0.465 e. The molecule has 1 aliphatic heterocycles. The van der Waals surface area contributed by atoms with E-state index in [-0.39, 0.29) is 11.7 Å². The summed E-state index contributed by atoms with van der Waals surface area (Å²) in [6.45, 7) is 2.76. The van der Waals surface area contributed by atoms with E-state index in [4.69, 9.17) is 10.5 Å². The van der Waals surface area contributed by atoms with Crippen molar-refractivity contribution in [1.29, 1.82) is 0 Å². The average molecular weight is 416 g/mol. The predicted octanol–water partition coefficient (Wildman–Crippen LogP) is 4.46. The minimum absolute atomic E-state index is 0.0970. The Morgan fingerprint density at radius 1 is 1.30 bits per heavy atom. The zero-order chi connectivity index (χ0) is 21.7. The summed E-state index contributed by atoms with van der Waals surface area (Å²) in [5.74, 6) is 0.0244. The van der Waals surface area contributed by atoms with Crippen LogP contribution in [0.1, 0.15) is 42.9 Å². The number of para-hydroxylation sites is 1. The predicted molar refractivity (Wildman–Crippen MR) is 112 cm³/mol. The molecule has 0 aliphatic carbocycles. The number of aryl methyl sites for hydroxylation is 1. The lowest BCUT2D eigenvalue weighted by molar-refractivity contribution is 0.0439. The Morgan fingerprint density at radius 2 is 2.07 bits per heavy atom. The maximum absolute atomic E-state index is 14.5. The quantitative estimate of drug-likeness (QED) is 0.619. The molecule has 0 spiro atoms. The molecule has 1 fully saturated rings. The van der Waals surface area contributed by atoms with Crippen LogP contribution in [0.4, 0.5) is 9.18 Å². The molecule has 162 valence electrons. The van der Waals surface area contributed by atoms with Crippen molar-refractivity contribution in [2.45, 2.75) is 44.8 Å². The summed E-state index contributed by atoms with van der Waals surface area (Å²) in [4.78, 5) is 12.5. The second-order valence-corrected chi connectivity index (χ2v) is 7.96. The van der Waals surface area contributed by atoms with Gasteiger partial charge in [0.05, 0.1) is 6.10 Å². The summed E-state index contributed by atoms with van der Waals surface area (Å²) in [5.41, 5.74) is 7.88. The Balaban J connectivity index is 1.66. The fraction of sp³-hybridized carbons (Fsp3) is 0.435. The molecule has 4 N–H and O–H groups in total. The number of hydrogen-bond donors (Lipinski definition) is 3. The number of benzene rings is 2. The lowest BCUT2D eigenvalue weighted by Gasteiger charge is -2.33. The van der Waals surface area contributed by atoms with Crippen LogP contribution in [-0.4, -0.2) is 40.4 Å². The molecular weight excluding hydrogens is 387 g/mol. The molecule has 1 heterocycles. The number of aliphatic hydroxyl groups is 1. The fourth-order valence-electron chi connectivity index (χ4n) is 3.96. The van der Waals surface area contributed by atoms with Gasteiger partial charge in [0.15, 0.2) is 11.6 Å². The third-order valence-corrected chi connectivity index (χ3v) is 5.65. The second kappa shape index (κ2) is 9.91. The van der Waals surface area contributed by atoms with Crippen LogP contribution in [-0.2, 0) is 0 Å². The van der Waals surface area contributed by atoms with E-state index in [9.17, 15) is 19.4 Å². The maximum Gasteiger partial charge on any atom is 0.407 e. The molecule has 1 saturated heterocycles. The number of carboxylic acid groups (broad SMARTS) is 1. The summed E-state index contributed by atoms with van der Waals surface area (Å²) >= 11 is 0. The number of ether oxygens (including phenoxy) is 1. The van der Waals surface area contributed by atoms with Crippen molar-refractivity contribution in [3.63, 3.8) is 0 Å². The molecule has 7 heteroatoms. The third kappa shape index (κ3) is 5.49. The van der Waals surface area contributed by atoms with E-state index in [0.717, 1.165) is 18.4 Å². The zero-order valence-corrected chi connectivity index (χ0v) is 17.1. The van der Waals surface area contributed by atoms with Crippen molar-refractivity contribution in [2.75, 3.05) is 13.1 Å². The van der Waals surface area contributed by atoms with Crippen LogP contribution in [0, 0.1) is 18.7 Å². The van der Waals surface area contributed by atoms with Gasteiger partial charge in [-0.05, 0) is 56.4 Å². The number of rotatable bonds is 7. The molecule has 1 amide bonds. The van der Waals surface area contributed by atoms with Crippen LogP contribution in [0.2, 0.25) is 0 Å². The van der Waals surface area contributed by atoms with Crippen molar-refractivity contribution < 1.29 is 24.1 Å². The summed E-state index contributed by atoms with van der Waals surface area (Å²) in [6.07, 6.45) is 0.729. The molecule has 0 saturated carbocycles. The van der Waals surface area contributed by atoms with Gasteiger partial charge in [0.2, 0.25) is 0 Å². The maximum atomic E-state index is 14.5. The van der Waals surface area contributed by atoms with Crippen LogP contribution in [0.25, 0.3) is 0 Å². The minimum atomic E-state index is -0.957. The molecule has 3 atom stereocenters. The molecule has 0 radical (unpaired) electrons. The molecule has 2 unspecified atom stereocenters. The van der Waals surface area contributed by atoms with Gasteiger partial charge in [-0.15, -0.1) is 0 Å². The van der Waals surface area contributed by atoms with Crippen molar-refractivity contribution in [3.8, 4) is 11.5 Å². The molecule has 2 aromatic carbocycles. The smallest absolute Gasteiger partial charge is 0.407 e. The highest BCUT2D eigenvalue weighted by Gasteiger charge is 2.29. The molecule has 1 aliphatic rings. The van der Waals surface area contributed by atoms with E-state index in [1.165, 1.54) is 11.0 Å². The fourth-order valence-corrected chi connectivity index (χ4v) is 3.96. The number of nitrogens with two attached hydrogens (primary N) is 1. The Labute approximate surface area is 176 Å². The van der Waals surface area contributed by atoms with E-state index in [1.807, 2.05) is 25.1 Å². The van der Waals surface area contributed by atoms with E-state index >= 15 is 0 Å². The Bertz CT molecular complexity index is 876. The molecular formula is C23H29FN2O4. The van der Waals surface area contributed by atoms with Gasteiger partial charge in [0.1, 0.15) is 5.75 Å². The number of amides is 1. The van der Waals surface area contributed by atoms with Gasteiger partial charge in [0.25, 0.3) is 0 Å². The number of hydrogen-bond acceptors (Lipinski definition) is 4. The van der Waals surface area contributed by atoms with Gasteiger partial charge in [-0.25, -0.2) is 9.18 Å². The number of nitrogens with zero attached hydrogens (tertiary/aromatic N) is 1. The monoisotopic (exact) mass is 416 g/mol. The van der Waals surface area contributed by atoms with Crippen LogP contribution in [0.5, 0.6) is 11.5 Å². The van der Waals surface area contributed by atoms with Crippen molar-refractivity contribution >= 4 is 6.09 Å². The number of likely N-dealkylation sites (tertiary alicyclic amines) is 1. The normalized spacial score (nSPS) is 18.7. The van der Waals surface area contributed by atoms with Crippen LogP contribution in [0.15, 0.2) is 42.5 Å². The topological polar surface area (TPSA) is 96.0 Å². The highest BCUT2D eigenvalue weighted by molar-refractivity contribution is 5.65. The van der Waals surface area contributed by atoms with Crippen molar-refractivity contribution in [2.24, 2.45) is 11.7 Å². The van der Waals surface area contributed by atoms with E-state index in [0.29, 0.717) is 37.2 Å². The molecule has 0 aromatic heterocycles. The lowest BCUT2D eigenvalue weighted by Crippen LogP contribution is -2.43. The SMILES string of the molecule is Cc1cccc(Oc2c(F)cccc2C(N)CCC(O)[C@@H]2CCCN(C(=O)O)C2)c1. The third-order valence-electron chi connectivity index (χ3n) is 5.65. The number of halogens is 1. The van der Waals surface area contributed by atoms with Crippen molar-refractivity contribution in [3.05, 3.63) is 59.4 Å². The molecule has 0 bridgehead atoms. The highest BCUT2D eigenvalue weighted by atomic mass is 19.1. The standard InChI is InChI=1S/C23H29FN2O4/c1-15-5-2-7-17(13-15)30-22-18(8-3-9-19(22)24)20(25)10-11-21(27)16-6-4-12-26(14-16)23(28)29/h2-3,5,7-9,13,16,20-21,27H,4,6,10-12,14,25H2,1H3,(H,28,29)/t16-,20?,21?/m1/s1. The number of aliphatic hydroxyl groups excluding tert-OH is 1. The average Bonchev–Trinajstić information content (AvgIpc) is 2.73. The summed E-state index contributed by atoms with van der Waals surface area (Å²) in [5, 5.41) is 19.8. The van der Waals surface area contributed by atoms with Gasteiger partial charge in [-0.2, -0.15) is 0 Å². The first-order chi connectivity index (χ1) is 14.3. The first-order valence-corrected chi connectivity index (χ1v) is 10.3. The lowest BCUT2D eigenvalue weighted by atomic mass is 9.88. The molecule has 6 nitrogen and oxygen atoms in total. The summed E-state index contributed by atoms with van der Waals surface area (Å²) in [6, 6.07) is 11.5. The van der Waals surface area contributed by atoms with Gasteiger partial charge < -0.3 is 25.6 Å². The first-order valence-electron chi connectivity index (χ1n) is 10.3. The van der Waals surface area contributed by atoms with Gasteiger partial charge in [-0.3, -0.25) is 0 Å². The van der Waals surface area contributed by atoms with E-state index in [1.54, 1.807) is 18.2 Å². The van der Waals surface area contributed by atoms with Crippen LogP contribution in [0.3, 0.4) is 0 Å². The molecule has 3 rings (SSSR count). The zero-order valence-electron chi connectivity index (χ0n) is 17.1. The Hall–Kier alpha value is -2.64. The van der Waals surface area contributed by atoms with E-state index < -0.39 is 24.1 Å². The first kappa shape index (κ1) is 22.1. The van der Waals surface area contributed by atoms with Crippen molar-refractivity contribution in [1.82, 2.24) is 4.90 Å². The molecule has 2 aromatic rings. The molecule has 30 heavy (non-hydrogen) atoms. The van der Waals surface area contributed by atoms with Gasteiger partial charge in [0, 0.05) is 30.6 Å².